The zero-order valence-electron chi connectivity index (χ0n) is 17.1. The van der Waals surface area contributed by atoms with Gasteiger partial charge in [0.25, 0.3) is 0 Å². The average Bonchev–Trinajstić information content (AvgIpc) is 2.61. The predicted molar refractivity (Wildman–Crippen MR) is 108 cm³/mol. The second kappa shape index (κ2) is 12.2. The minimum atomic E-state index is -4.46. The van der Waals surface area contributed by atoms with E-state index in [9.17, 15) is 13.0 Å². The molecule has 0 N–H and O–H groups in total. The summed E-state index contributed by atoms with van der Waals surface area (Å²) in [6.07, 6.45) is 11.5. The molecule has 27 heavy (non-hydrogen) atoms. The fourth-order valence-electron chi connectivity index (χ4n) is 3.65. The predicted octanol–water partition coefficient (Wildman–Crippen LogP) is 2.99. The Hall–Kier alpha value is -0.390. The Morgan fingerprint density at radius 2 is 1.41 bits per heavy atom. The van der Waals surface area contributed by atoms with Gasteiger partial charge in [-0.15, -0.1) is 0 Å². The van der Waals surface area contributed by atoms with Crippen molar-refractivity contribution >= 4 is 20.9 Å². The normalized spacial score (nSPS) is 11.5. The van der Waals surface area contributed by atoms with Gasteiger partial charge in [-0.1, -0.05) is 76.6 Å². The van der Waals surface area contributed by atoms with Crippen LogP contribution in [0, 0.1) is 0 Å². The van der Waals surface area contributed by atoms with Gasteiger partial charge < -0.3 is 4.55 Å². The summed E-state index contributed by atoms with van der Waals surface area (Å²) in [5, 5.41) is 1.51. The molecule has 0 fully saturated rings. The molecule has 0 aliphatic rings. The van der Waals surface area contributed by atoms with Crippen molar-refractivity contribution in [3.05, 3.63) is 41.5 Å². The minimum absolute atomic E-state index is 0. The number of hydrogen-bond acceptors (Lipinski definition) is 3. The van der Waals surface area contributed by atoms with Gasteiger partial charge >= 0.3 is 29.6 Å². The molecule has 0 radical (unpaired) electrons. The van der Waals surface area contributed by atoms with Crippen LogP contribution in [0.2, 0.25) is 0 Å². The van der Waals surface area contributed by atoms with Crippen LogP contribution >= 0.6 is 0 Å². The summed E-state index contributed by atoms with van der Waals surface area (Å²) in [6.45, 7) is 4.41. The molecule has 0 bridgehead atoms. The van der Waals surface area contributed by atoms with Crippen LogP contribution in [-0.2, 0) is 23.0 Å². The van der Waals surface area contributed by atoms with E-state index in [1.54, 1.807) is 6.07 Å². The fraction of sp³-hybridized carbons (Fsp3) is 0.545. The van der Waals surface area contributed by atoms with E-state index in [1.165, 1.54) is 55.7 Å². The van der Waals surface area contributed by atoms with E-state index >= 15 is 0 Å². The van der Waals surface area contributed by atoms with Gasteiger partial charge in [0, 0.05) is 0 Å². The third-order valence-corrected chi connectivity index (χ3v) is 5.97. The van der Waals surface area contributed by atoms with Crippen molar-refractivity contribution in [2.45, 2.75) is 83.0 Å². The molecule has 0 spiro atoms. The first-order valence-electron chi connectivity index (χ1n) is 9.98. The topological polar surface area (TPSA) is 57.2 Å². The van der Waals surface area contributed by atoms with Crippen molar-refractivity contribution in [3.63, 3.8) is 0 Å². The van der Waals surface area contributed by atoms with E-state index in [0.29, 0.717) is 5.39 Å². The Bertz CT molecular complexity index is 816. The molecular weight excluding hydrogens is 367 g/mol. The second-order valence-corrected chi connectivity index (χ2v) is 8.48. The summed E-state index contributed by atoms with van der Waals surface area (Å²) in [6, 6.07) is 8.95. The Labute approximate surface area is 187 Å². The smallest absolute Gasteiger partial charge is 0.744 e. The molecule has 0 saturated carbocycles. The summed E-state index contributed by atoms with van der Waals surface area (Å²) in [4.78, 5) is -0.0951. The van der Waals surface area contributed by atoms with Crippen LogP contribution in [0.5, 0.6) is 0 Å². The number of rotatable bonds is 11. The average molecular weight is 399 g/mol. The Kier molecular flexibility index (Phi) is 11.2. The van der Waals surface area contributed by atoms with E-state index in [1.807, 2.05) is 18.2 Å². The number of benzene rings is 2. The molecule has 144 valence electrons. The van der Waals surface area contributed by atoms with Crippen LogP contribution in [0.15, 0.2) is 35.2 Å². The summed E-state index contributed by atoms with van der Waals surface area (Å²) in [7, 11) is -4.46. The van der Waals surface area contributed by atoms with E-state index in [4.69, 9.17) is 0 Å². The van der Waals surface area contributed by atoms with Crippen LogP contribution in [0.3, 0.4) is 0 Å². The molecule has 5 heteroatoms. The molecule has 3 nitrogen and oxygen atoms in total. The first-order chi connectivity index (χ1) is 12.5. The van der Waals surface area contributed by atoms with Crippen molar-refractivity contribution < 1.29 is 42.5 Å². The standard InChI is InChI=1S/C22H32O3S.Na/c1-3-5-7-9-12-18-16-17-21-20(19(18)13-10-8-6-4-2)14-11-15-22(21)26(23,24)25;/h11,14-17H,3-10,12-13H2,1-2H3,(H,23,24,25);/q;+1/p-1. The van der Waals surface area contributed by atoms with Gasteiger partial charge in [0.1, 0.15) is 10.1 Å². The first kappa shape index (κ1) is 24.6. The summed E-state index contributed by atoms with van der Waals surface area (Å²) in [5.41, 5.74) is 2.55. The SMILES string of the molecule is CCCCCCc1ccc2c(S(=O)(=O)[O-])cccc2c1CCCCCC.[Na+]. The van der Waals surface area contributed by atoms with Gasteiger partial charge in [0.15, 0.2) is 0 Å². The Morgan fingerprint density at radius 3 is 2.00 bits per heavy atom. The Morgan fingerprint density at radius 1 is 0.778 bits per heavy atom. The zero-order valence-corrected chi connectivity index (χ0v) is 19.9. The number of aryl methyl sites for hydroxylation is 2. The number of fused-ring (bicyclic) bond motifs is 1. The largest absolute Gasteiger partial charge is 1.00 e. The third kappa shape index (κ3) is 7.17. The van der Waals surface area contributed by atoms with Crippen molar-refractivity contribution in [2.24, 2.45) is 0 Å². The summed E-state index contributed by atoms with van der Waals surface area (Å²) < 4.78 is 34.9. The van der Waals surface area contributed by atoms with E-state index in [-0.39, 0.29) is 34.5 Å². The van der Waals surface area contributed by atoms with E-state index < -0.39 is 10.1 Å². The van der Waals surface area contributed by atoms with E-state index in [0.717, 1.165) is 31.1 Å². The molecule has 0 aromatic heterocycles. The first-order valence-corrected chi connectivity index (χ1v) is 11.4. The monoisotopic (exact) mass is 398 g/mol. The molecule has 0 amide bonds. The third-order valence-electron chi connectivity index (χ3n) is 5.08. The van der Waals surface area contributed by atoms with Crippen molar-refractivity contribution in [3.8, 4) is 0 Å². The van der Waals surface area contributed by atoms with Crippen LogP contribution < -0.4 is 29.6 Å². The molecule has 0 aliphatic carbocycles. The van der Waals surface area contributed by atoms with Gasteiger partial charge in [0.2, 0.25) is 0 Å². The molecule has 0 aliphatic heterocycles. The van der Waals surface area contributed by atoms with Gasteiger partial charge in [-0.05, 0) is 53.6 Å². The maximum Gasteiger partial charge on any atom is 1.00 e. The summed E-state index contributed by atoms with van der Waals surface area (Å²) >= 11 is 0. The van der Waals surface area contributed by atoms with E-state index in [2.05, 4.69) is 13.8 Å². The molecule has 2 aromatic carbocycles. The van der Waals surface area contributed by atoms with Crippen molar-refractivity contribution in [2.75, 3.05) is 0 Å². The molecule has 2 aromatic rings. The molecular formula is C22H31NaO3S. The fourth-order valence-corrected chi connectivity index (χ4v) is 4.35. The van der Waals surface area contributed by atoms with Crippen LogP contribution in [-0.4, -0.2) is 13.0 Å². The van der Waals surface area contributed by atoms with Crippen LogP contribution in [0.25, 0.3) is 10.8 Å². The van der Waals surface area contributed by atoms with Gasteiger partial charge in [-0.2, -0.15) is 0 Å². The number of hydrogen-bond donors (Lipinski definition) is 0. The summed E-state index contributed by atoms with van der Waals surface area (Å²) in [5.74, 6) is 0. The minimum Gasteiger partial charge on any atom is -0.744 e. The van der Waals surface area contributed by atoms with Crippen LogP contribution in [0.1, 0.15) is 76.3 Å². The maximum atomic E-state index is 11.6. The number of unbranched alkanes of at least 4 members (excludes halogenated alkanes) is 6. The maximum absolute atomic E-state index is 11.6. The van der Waals surface area contributed by atoms with Gasteiger partial charge in [-0.3, -0.25) is 0 Å². The molecule has 2 rings (SSSR count). The van der Waals surface area contributed by atoms with Gasteiger partial charge in [-0.25, -0.2) is 8.42 Å². The molecule has 0 saturated heterocycles. The molecule has 0 unspecified atom stereocenters. The van der Waals surface area contributed by atoms with Crippen LogP contribution in [0.4, 0.5) is 0 Å². The second-order valence-electron chi connectivity index (χ2n) is 7.13. The van der Waals surface area contributed by atoms with Gasteiger partial charge in [0.05, 0.1) is 4.90 Å². The van der Waals surface area contributed by atoms with Crippen molar-refractivity contribution in [1.82, 2.24) is 0 Å². The Balaban J connectivity index is 0.00000364. The quantitative estimate of drug-likeness (QED) is 0.332. The zero-order chi connectivity index (χ0) is 19.0. The molecule has 0 atom stereocenters. The van der Waals surface area contributed by atoms with Crippen molar-refractivity contribution in [1.29, 1.82) is 0 Å². The molecule has 0 heterocycles.